The third-order valence-corrected chi connectivity index (χ3v) is 4.44. The van der Waals surface area contributed by atoms with Crippen LogP contribution in [-0.2, 0) is 4.79 Å². The summed E-state index contributed by atoms with van der Waals surface area (Å²) in [7, 11) is 0. The van der Waals surface area contributed by atoms with E-state index in [0.717, 1.165) is 5.69 Å². The van der Waals surface area contributed by atoms with Crippen molar-refractivity contribution in [1.82, 2.24) is 19.8 Å². The second kappa shape index (κ2) is 7.70. The molecular weight excluding hydrogens is 354 g/mol. The van der Waals surface area contributed by atoms with Crippen molar-refractivity contribution in [3.05, 3.63) is 46.7 Å². The number of halogens is 1. The molecule has 0 spiro atoms. The lowest BCUT2D eigenvalue weighted by Crippen LogP contribution is -2.50. The number of piperazine rings is 1. The topological polar surface area (TPSA) is 78.4 Å². The van der Waals surface area contributed by atoms with Crippen LogP contribution in [0.3, 0.4) is 0 Å². The Morgan fingerprint density at radius 3 is 2.27 bits per heavy atom. The molecule has 0 unspecified atom stereocenters. The Kier molecular flexibility index (Phi) is 5.37. The molecule has 1 saturated heterocycles. The van der Waals surface area contributed by atoms with Crippen LogP contribution >= 0.6 is 11.6 Å². The van der Waals surface area contributed by atoms with E-state index in [1.165, 1.54) is 0 Å². The normalized spacial score (nSPS) is 14.3. The molecule has 2 heterocycles. The summed E-state index contributed by atoms with van der Waals surface area (Å²) in [5.74, 6) is 0.236. The first-order valence-electron chi connectivity index (χ1n) is 8.35. The van der Waals surface area contributed by atoms with E-state index in [1.807, 2.05) is 19.1 Å². The van der Waals surface area contributed by atoms with Gasteiger partial charge in [0.05, 0.1) is 0 Å². The van der Waals surface area contributed by atoms with Crippen molar-refractivity contribution in [2.75, 3.05) is 31.5 Å². The highest BCUT2D eigenvalue weighted by atomic mass is 35.5. The number of aromatic nitrogens is 2. The molecule has 1 aromatic carbocycles. The number of aryl methyl sites for hydroxylation is 1. The van der Waals surface area contributed by atoms with E-state index in [2.05, 4.69) is 15.3 Å². The van der Waals surface area contributed by atoms with Gasteiger partial charge < -0.3 is 15.1 Å². The van der Waals surface area contributed by atoms with E-state index in [4.69, 9.17) is 11.6 Å². The molecule has 1 aliphatic rings. The Morgan fingerprint density at radius 2 is 1.65 bits per heavy atom. The zero-order chi connectivity index (χ0) is 18.7. The van der Waals surface area contributed by atoms with Gasteiger partial charge in [-0.15, -0.1) is 0 Å². The van der Waals surface area contributed by atoms with Crippen LogP contribution in [0.25, 0.3) is 0 Å². The predicted octanol–water partition coefficient (Wildman–Crippen LogP) is 2.49. The zero-order valence-corrected chi connectivity index (χ0v) is 15.5. The van der Waals surface area contributed by atoms with Crippen LogP contribution in [0.15, 0.2) is 30.3 Å². The molecule has 2 aromatic rings. The highest BCUT2D eigenvalue weighted by Gasteiger charge is 2.24. The Labute approximate surface area is 157 Å². The average Bonchev–Trinajstić information content (AvgIpc) is 2.62. The summed E-state index contributed by atoms with van der Waals surface area (Å²) in [4.78, 5) is 36.3. The molecule has 136 valence electrons. The molecule has 3 rings (SSSR count). The van der Waals surface area contributed by atoms with E-state index >= 15 is 0 Å². The number of anilines is 2. The van der Waals surface area contributed by atoms with Gasteiger partial charge in [-0.05, 0) is 37.3 Å². The Morgan fingerprint density at radius 1 is 1.04 bits per heavy atom. The van der Waals surface area contributed by atoms with Crippen LogP contribution in [0.2, 0.25) is 5.02 Å². The van der Waals surface area contributed by atoms with Gasteiger partial charge >= 0.3 is 0 Å². The number of benzene rings is 1. The summed E-state index contributed by atoms with van der Waals surface area (Å²) in [6, 6.07) is 8.83. The number of carbonyl (C=O) groups is 2. The molecule has 1 aliphatic heterocycles. The first-order chi connectivity index (χ1) is 12.4. The maximum absolute atomic E-state index is 12.8. The molecular formula is C18H20ClN5O2. The van der Waals surface area contributed by atoms with E-state index in [9.17, 15) is 9.59 Å². The third-order valence-electron chi connectivity index (χ3n) is 4.19. The molecule has 1 fully saturated rings. The molecule has 7 nitrogen and oxygen atoms in total. The molecule has 0 radical (unpaired) electrons. The number of hydrogen-bond acceptors (Lipinski definition) is 5. The van der Waals surface area contributed by atoms with Crippen LogP contribution in [-0.4, -0.2) is 57.8 Å². The second-order valence-electron chi connectivity index (χ2n) is 6.15. The van der Waals surface area contributed by atoms with Crippen LogP contribution in [0.4, 0.5) is 11.6 Å². The molecule has 1 N–H and O–H groups in total. The SMILES string of the molecule is CC(=O)N1CCN(C(=O)c2cc(C)nc(Nc3ccc(Cl)cc3)n2)CC1. The van der Waals surface area contributed by atoms with Gasteiger partial charge in [-0.2, -0.15) is 0 Å². The number of hydrogen-bond donors (Lipinski definition) is 1. The minimum atomic E-state index is -0.155. The summed E-state index contributed by atoms with van der Waals surface area (Å²) >= 11 is 5.89. The van der Waals surface area contributed by atoms with Crippen molar-refractivity contribution in [3.63, 3.8) is 0 Å². The second-order valence-corrected chi connectivity index (χ2v) is 6.58. The van der Waals surface area contributed by atoms with Crippen molar-refractivity contribution < 1.29 is 9.59 Å². The molecule has 1 aromatic heterocycles. The van der Waals surface area contributed by atoms with Crippen molar-refractivity contribution >= 4 is 35.1 Å². The van der Waals surface area contributed by atoms with Gasteiger partial charge in [-0.25, -0.2) is 9.97 Å². The Hall–Kier alpha value is -2.67. The highest BCUT2D eigenvalue weighted by Crippen LogP contribution is 2.18. The summed E-state index contributed by atoms with van der Waals surface area (Å²) in [5, 5.41) is 3.73. The van der Waals surface area contributed by atoms with Crippen LogP contribution in [0.5, 0.6) is 0 Å². The van der Waals surface area contributed by atoms with Gasteiger partial charge in [0.1, 0.15) is 5.69 Å². The lowest BCUT2D eigenvalue weighted by atomic mass is 10.2. The standard InChI is InChI=1S/C18H20ClN5O2/c1-12-11-16(17(26)24-9-7-23(8-10-24)13(2)25)22-18(20-12)21-15-5-3-14(19)4-6-15/h3-6,11H,7-10H2,1-2H3,(H,20,21,22). The minimum absolute atomic E-state index is 0.0319. The number of nitrogens with zero attached hydrogens (tertiary/aromatic N) is 4. The third kappa shape index (κ3) is 4.29. The van der Waals surface area contributed by atoms with Gasteiger partial charge in [-0.1, -0.05) is 11.6 Å². The molecule has 0 atom stereocenters. The van der Waals surface area contributed by atoms with Crippen molar-refractivity contribution in [2.24, 2.45) is 0 Å². The van der Waals surface area contributed by atoms with Crippen LogP contribution in [0.1, 0.15) is 23.1 Å². The van der Waals surface area contributed by atoms with Gasteiger partial charge in [0.2, 0.25) is 11.9 Å². The fraction of sp³-hybridized carbons (Fsp3) is 0.333. The fourth-order valence-electron chi connectivity index (χ4n) is 2.78. The maximum Gasteiger partial charge on any atom is 0.272 e. The van der Waals surface area contributed by atoms with E-state index in [1.54, 1.807) is 34.9 Å². The number of rotatable bonds is 3. The summed E-state index contributed by atoms with van der Waals surface area (Å²) in [6.45, 7) is 5.45. The number of nitrogens with one attached hydrogen (secondary N) is 1. The van der Waals surface area contributed by atoms with E-state index in [0.29, 0.717) is 48.5 Å². The molecule has 0 saturated carbocycles. The molecule has 2 amide bonds. The predicted molar refractivity (Wildman–Crippen MR) is 99.7 cm³/mol. The lowest BCUT2D eigenvalue weighted by molar-refractivity contribution is -0.130. The van der Waals surface area contributed by atoms with Gasteiger partial charge in [0.25, 0.3) is 5.91 Å². The monoisotopic (exact) mass is 373 g/mol. The van der Waals surface area contributed by atoms with E-state index < -0.39 is 0 Å². The van der Waals surface area contributed by atoms with Crippen LogP contribution in [0, 0.1) is 6.92 Å². The smallest absolute Gasteiger partial charge is 0.272 e. The molecule has 0 bridgehead atoms. The van der Waals surface area contributed by atoms with Crippen LogP contribution < -0.4 is 5.32 Å². The van der Waals surface area contributed by atoms with Gasteiger partial charge in [-0.3, -0.25) is 9.59 Å². The summed E-state index contributed by atoms with van der Waals surface area (Å²) in [5.41, 5.74) is 1.82. The number of carbonyl (C=O) groups excluding carboxylic acids is 2. The van der Waals surface area contributed by atoms with Gasteiger partial charge in [0.15, 0.2) is 0 Å². The Balaban J connectivity index is 1.73. The summed E-state index contributed by atoms with van der Waals surface area (Å²) < 4.78 is 0. The molecule has 26 heavy (non-hydrogen) atoms. The highest BCUT2D eigenvalue weighted by molar-refractivity contribution is 6.30. The maximum atomic E-state index is 12.8. The zero-order valence-electron chi connectivity index (χ0n) is 14.7. The first kappa shape index (κ1) is 18.1. The van der Waals surface area contributed by atoms with Crippen molar-refractivity contribution in [3.8, 4) is 0 Å². The summed E-state index contributed by atoms with van der Waals surface area (Å²) in [6.07, 6.45) is 0. The first-order valence-corrected chi connectivity index (χ1v) is 8.73. The number of amides is 2. The molecule has 0 aliphatic carbocycles. The largest absolute Gasteiger partial charge is 0.339 e. The quantitative estimate of drug-likeness (QED) is 0.894. The van der Waals surface area contributed by atoms with Gasteiger partial charge in [0, 0.05) is 49.5 Å². The van der Waals surface area contributed by atoms with E-state index in [-0.39, 0.29) is 11.8 Å². The van der Waals surface area contributed by atoms with Crippen molar-refractivity contribution in [1.29, 1.82) is 0 Å². The van der Waals surface area contributed by atoms with Crippen molar-refractivity contribution in [2.45, 2.75) is 13.8 Å². The minimum Gasteiger partial charge on any atom is -0.339 e. The molecule has 8 heteroatoms. The Bertz CT molecular complexity index is 817. The fourth-order valence-corrected chi connectivity index (χ4v) is 2.91. The lowest BCUT2D eigenvalue weighted by Gasteiger charge is -2.34. The average molecular weight is 374 g/mol.